The summed E-state index contributed by atoms with van der Waals surface area (Å²) < 4.78 is 11.7. The fraction of sp³-hybridized carbons (Fsp3) is 0.857. The molecule has 0 aromatic rings. The second-order valence-electron chi connectivity index (χ2n) is 6.93. The summed E-state index contributed by atoms with van der Waals surface area (Å²) in [7, 11) is -1.10. The summed E-state index contributed by atoms with van der Waals surface area (Å²) in [6.45, 7) is 13.2. The zero-order valence-corrected chi connectivity index (χ0v) is 13.2. The molecule has 2 aliphatic rings. The highest BCUT2D eigenvalue weighted by Crippen LogP contribution is 2.32. The van der Waals surface area contributed by atoms with Crippen molar-refractivity contribution in [3.63, 3.8) is 0 Å². The summed E-state index contributed by atoms with van der Waals surface area (Å²) >= 11 is 0. The molecule has 3 nitrogen and oxygen atoms in total. The topological polar surface area (TPSA) is 21.7 Å². The Morgan fingerprint density at radius 3 is 2.44 bits per heavy atom. The maximum atomic E-state index is 5.93. The van der Waals surface area contributed by atoms with Gasteiger partial charge in [0, 0.05) is 12.2 Å². The Kier molecular flexibility index (Phi) is 3.63. The molecule has 0 bridgehead atoms. The molecule has 2 rings (SSSR count). The van der Waals surface area contributed by atoms with Gasteiger partial charge in [0.25, 0.3) is 0 Å². The highest BCUT2D eigenvalue weighted by molar-refractivity contribution is 6.77. The Balaban J connectivity index is 1.96. The Hall–Kier alpha value is -0.343. The first-order valence-electron chi connectivity index (χ1n) is 6.79. The van der Waals surface area contributed by atoms with Crippen LogP contribution in [-0.4, -0.2) is 49.7 Å². The minimum atomic E-state index is -1.10. The summed E-state index contributed by atoms with van der Waals surface area (Å²) in [5, 5.41) is 0. The van der Waals surface area contributed by atoms with E-state index in [1.165, 1.54) is 13.0 Å². The van der Waals surface area contributed by atoms with Crippen LogP contribution in [0.2, 0.25) is 19.6 Å². The second kappa shape index (κ2) is 4.64. The molecule has 0 saturated carbocycles. The van der Waals surface area contributed by atoms with Gasteiger partial charge in [-0.2, -0.15) is 0 Å². The number of hydrogen-bond acceptors (Lipinski definition) is 3. The van der Waals surface area contributed by atoms with E-state index in [4.69, 9.17) is 15.9 Å². The Morgan fingerprint density at radius 1 is 1.33 bits per heavy atom. The van der Waals surface area contributed by atoms with Crippen molar-refractivity contribution in [1.82, 2.24) is 4.90 Å². The van der Waals surface area contributed by atoms with Crippen LogP contribution in [0.5, 0.6) is 0 Å². The first kappa shape index (κ1) is 14.1. The molecule has 2 aliphatic heterocycles. The van der Waals surface area contributed by atoms with Gasteiger partial charge in [-0.05, 0) is 26.8 Å². The molecule has 2 fully saturated rings. The third-order valence-electron chi connectivity index (χ3n) is 3.89. The van der Waals surface area contributed by atoms with Crippen molar-refractivity contribution in [2.45, 2.75) is 63.6 Å². The minimum absolute atomic E-state index is 0.0177. The largest absolute Gasteiger partial charge is 0.342 e. The predicted molar refractivity (Wildman–Crippen MR) is 76.0 cm³/mol. The SMILES string of the molecule is C#C[C@@H]1OC(C)(C)O[C@H]1CN1CCC1[Si](C)(C)C. The highest BCUT2D eigenvalue weighted by Gasteiger charge is 2.45. The van der Waals surface area contributed by atoms with E-state index in [2.05, 4.69) is 30.5 Å². The van der Waals surface area contributed by atoms with Gasteiger partial charge in [0.2, 0.25) is 0 Å². The van der Waals surface area contributed by atoms with Gasteiger partial charge in [0.1, 0.15) is 12.2 Å². The van der Waals surface area contributed by atoms with Crippen molar-refractivity contribution in [1.29, 1.82) is 0 Å². The lowest BCUT2D eigenvalue weighted by atomic mass is 10.1. The number of nitrogens with zero attached hydrogens (tertiary/aromatic N) is 1. The number of terminal acetylenes is 1. The van der Waals surface area contributed by atoms with Gasteiger partial charge >= 0.3 is 0 Å². The lowest BCUT2D eigenvalue weighted by Crippen LogP contribution is -2.62. The molecule has 0 aliphatic carbocycles. The average Bonchev–Trinajstić information content (AvgIpc) is 2.45. The monoisotopic (exact) mass is 267 g/mol. The molecule has 1 unspecified atom stereocenters. The quantitative estimate of drug-likeness (QED) is 0.577. The maximum Gasteiger partial charge on any atom is 0.165 e. The van der Waals surface area contributed by atoms with E-state index in [-0.39, 0.29) is 12.2 Å². The van der Waals surface area contributed by atoms with Crippen molar-refractivity contribution < 1.29 is 9.47 Å². The third-order valence-corrected chi connectivity index (χ3v) is 6.55. The molecule has 0 N–H and O–H groups in total. The van der Waals surface area contributed by atoms with E-state index in [1.807, 2.05) is 13.8 Å². The van der Waals surface area contributed by atoms with Gasteiger partial charge in [-0.25, -0.2) is 0 Å². The standard InChI is InChI=1S/C14H25NO2Si/c1-7-11-12(17-14(2,3)16-11)10-15-9-8-13(15)18(4,5)6/h1,11-13H,8-10H2,2-6H3/t11-,12-,13?/m0/s1. The van der Waals surface area contributed by atoms with Gasteiger partial charge < -0.3 is 14.4 Å². The van der Waals surface area contributed by atoms with Crippen molar-refractivity contribution in [2.24, 2.45) is 0 Å². The zero-order chi connectivity index (χ0) is 13.6. The fourth-order valence-electron chi connectivity index (χ4n) is 2.98. The van der Waals surface area contributed by atoms with E-state index in [1.54, 1.807) is 0 Å². The average molecular weight is 267 g/mol. The molecule has 0 spiro atoms. The molecule has 4 heteroatoms. The van der Waals surface area contributed by atoms with E-state index in [0.29, 0.717) is 0 Å². The molecule has 2 heterocycles. The predicted octanol–water partition coefficient (Wildman–Crippen LogP) is 2.09. The van der Waals surface area contributed by atoms with Gasteiger partial charge in [0.05, 0.1) is 8.07 Å². The Bertz CT molecular complexity index is 356. The fourth-order valence-corrected chi connectivity index (χ4v) is 5.31. The van der Waals surface area contributed by atoms with Crippen molar-refractivity contribution in [2.75, 3.05) is 13.1 Å². The van der Waals surface area contributed by atoms with Crippen molar-refractivity contribution in [3.05, 3.63) is 0 Å². The molecular formula is C14H25NO2Si. The summed E-state index contributed by atoms with van der Waals surface area (Å²) in [5.41, 5.74) is 0.767. The van der Waals surface area contributed by atoms with Gasteiger partial charge in [-0.3, -0.25) is 0 Å². The molecule has 0 aromatic heterocycles. The molecule has 0 radical (unpaired) electrons. The number of hydrogen-bond donors (Lipinski definition) is 0. The van der Waals surface area contributed by atoms with Gasteiger partial charge in [-0.1, -0.05) is 25.6 Å². The van der Waals surface area contributed by atoms with Crippen molar-refractivity contribution in [3.8, 4) is 12.3 Å². The summed E-state index contributed by atoms with van der Waals surface area (Å²) in [4.78, 5) is 2.53. The van der Waals surface area contributed by atoms with Crippen LogP contribution in [-0.2, 0) is 9.47 Å². The van der Waals surface area contributed by atoms with Crippen LogP contribution in [0.3, 0.4) is 0 Å². The number of rotatable bonds is 3. The van der Waals surface area contributed by atoms with Gasteiger partial charge in [0.15, 0.2) is 5.79 Å². The minimum Gasteiger partial charge on any atom is -0.342 e. The molecule has 2 saturated heterocycles. The second-order valence-corrected chi connectivity index (χ2v) is 12.3. The number of likely N-dealkylation sites (tertiary alicyclic amines) is 1. The van der Waals surface area contributed by atoms with Crippen LogP contribution in [0.4, 0.5) is 0 Å². The molecular weight excluding hydrogens is 242 g/mol. The molecule has 18 heavy (non-hydrogen) atoms. The summed E-state index contributed by atoms with van der Waals surface area (Å²) in [6.07, 6.45) is 6.67. The zero-order valence-electron chi connectivity index (χ0n) is 12.2. The van der Waals surface area contributed by atoms with Crippen molar-refractivity contribution >= 4 is 8.07 Å². The van der Waals surface area contributed by atoms with Crippen LogP contribution in [0.15, 0.2) is 0 Å². The van der Waals surface area contributed by atoms with Crippen LogP contribution in [0.25, 0.3) is 0 Å². The van der Waals surface area contributed by atoms with Crippen LogP contribution < -0.4 is 0 Å². The maximum absolute atomic E-state index is 5.93. The van der Waals surface area contributed by atoms with E-state index >= 15 is 0 Å². The van der Waals surface area contributed by atoms with Crippen LogP contribution in [0, 0.1) is 12.3 Å². The molecule has 102 valence electrons. The van der Waals surface area contributed by atoms with Gasteiger partial charge in [-0.15, -0.1) is 6.42 Å². The van der Waals surface area contributed by atoms with E-state index in [9.17, 15) is 0 Å². The Labute approximate surface area is 112 Å². The first-order valence-corrected chi connectivity index (χ1v) is 10.4. The summed E-state index contributed by atoms with van der Waals surface area (Å²) in [6, 6.07) is 0. The lowest BCUT2D eigenvalue weighted by Gasteiger charge is -2.48. The van der Waals surface area contributed by atoms with Crippen LogP contribution >= 0.6 is 0 Å². The molecule has 3 atom stereocenters. The van der Waals surface area contributed by atoms with Crippen LogP contribution in [0.1, 0.15) is 20.3 Å². The highest BCUT2D eigenvalue weighted by atomic mass is 28.3. The first-order chi connectivity index (χ1) is 8.23. The molecule has 0 amide bonds. The van der Waals surface area contributed by atoms with E-state index < -0.39 is 13.9 Å². The van der Waals surface area contributed by atoms with E-state index in [0.717, 1.165) is 12.2 Å². The third kappa shape index (κ3) is 2.80. The molecule has 0 aromatic carbocycles. The summed E-state index contributed by atoms with van der Waals surface area (Å²) in [5.74, 6) is 2.17. The Morgan fingerprint density at radius 2 is 2.00 bits per heavy atom. The normalized spacial score (nSPS) is 36.1. The lowest BCUT2D eigenvalue weighted by molar-refractivity contribution is -0.145. The smallest absolute Gasteiger partial charge is 0.165 e. The number of ether oxygens (including phenoxy) is 2.